The average molecular weight is 411 g/mol. The maximum atomic E-state index is 12.9. The molecule has 0 rings (SSSR count). The minimum Gasteiger partial charge on any atom is -0.463 e. The van der Waals surface area contributed by atoms with Crippen LogP contribution in [0.5, 0.6) is 0 Å². The van der Waals surface area contributed by atoms with Gasteiger partial charge in [-0.1, -0.05) is 125 Å². The molecule has 0 spiro atoms. The van der Waals surface area contributed by atoms with Crippen LogP contribution < -0.4 is 0 Å². The normalized spacial score (nSPS) is 12.3. The molecule has 0 unspecified atom stereocenters. The molecule has 0 radical (unpaired) electrons. The number of ether oxygens (including phenoxy) is 1. The Balaban J connectivity index is 3.95. The van der Waals surface area contributed by atoms with Gasteiger partial charge in [-0.3, -0.25) is 4.79 Å². The summed E-state index contributed by atoms with van der Waals surface area (Å²) in [6.07, 6.45) is 20.1. The third-order valence-corrected chi connectivity index (χ3v) is 6.73. The van der Waals surface area contributed by atoms with Crippen LogP contribution in [0.3, 0.4) is 0 Å². The second kappa shape index (κ2) is 17.2. The van der Waals surface area contributed by atoms with E-state index in [0.717, 1.165) is 12.8 Å². The van der Waals surface area contributed by atoms with Gasteiger partial charge >= 0.3 is 5.97 Å². The first-order chi connectivity index (χ1) is 13.8. The highest BCUT2D eigenvalue weighted by Gasteiger charge is 2.45. The van der Waals surface area contributed by atoms with Crippen molar-refractivity contribution in [2.24, 2.45) is 17.3 Å². The number of carbonyl (C=O) groups is 1. The molecular weight excluding hydrogens is 356 g/mol. The Labute approximate surface area is 184 Å². The summed E-state index contributed by atoms with van der Waals surface area (Å²) < 4.78 is 5.67. The van der Waals surface area contributed by atoms with Gasteiger partial charge < -0.3 is 4.74 Å². The van der Waals surface area contributed by atoms with Crippen LogP contribution in [-0.4, -0.2) is 12.1 Å². The lowest BCUT2D eigenvalue weighted by atomic mass is 9.66. The van der Waals surface area contributed by atoms with Crippen molar-refractivity contribution in [2.45, 2.75) is 151 Å². The highest BCUT2D eigenvalue weighted by atomic mass is 16.5. The van der Waals surface area contributed by atoms with E-state index in [0.29, 0.717) is 11.8 Å². The predicted molar refractivity (Wildman–Crippen MR) is 128 cm³/mol. The number of hydrogen-bond acceptors (Lipinski definition) is 2. The van der Waals surface area contributed by atoms with Gasteiger partial charge in [0.1, 0.15) is 0 Å². The zero-order valence-corrected chi connectivity index (χ0v) is 21.2. The fourth-order valence-electron chi connectivity index (χ4n) is 4.75. The lowest BCUT2D eigenvalue weighted by Crippen LogP contribution is -2.43. The molecule has 174 valence electrons. The number of hydrogen-bond donors (Lipinski definition) is 0. The van der Waals surface area contributed by atoms with Crippen molar-refractivity contribution in [1.82, 2.24) is 0 Å². The SMILES string of the molecule is CCCCCCCCCCCCCCCCC(C(=O)OC(C)C)(C(C)C)C(C)C. The monoisotopic (exact) mass is 410 g/mol. The highest BCUT2D eigenvalue weighted by Crippen LogP contribution is 2.42. The summed E-state index contributed by atoms with van der Waals surface area (Å²) in [5.41, 5.74) is -0.332. The maximum absolute atomic E-state index is 12.9. The van der Waals surface area contributed by atoms with Crippen LogP contribution in [0.2, 0.25) is 0 Å². The van der Waals surface area contributed by atoms with Gasteiger partial charge in [0.25, 0.3) is 0 Å². The van der Waals surface area contributed by atoms with Crippen molar-refractivity contribution in [2.75, 3.05) is 0 Å². The van der Waals surface area contributed by atoms with Crippen molar-refractivity contribution in [1.29, 1.82) is 0 Å². The van der Waals surface area contributed by atoms with Crippen molar-refractivity contribution < 1.29 is 9.53 Å². The van der Waals surface area contributed by atoms with Crippen molar-refractivity contribution in [3.8, 4) is 0 Å². The lowest BCUT2D eigenvalue weighted by Gasteiger charge is -2.39. The van der Waals surface area contributed by atoms with E-state index >= 15 is 0 Å². The number of carbonyl (C=O) groups excluding carboxylic acids is 1. The van der Waals surface area contributed by atoms with Crippen LogP contribution in [0, 0.1) is 17.3 Å². The summed E-state index contributed by atoms with van der Waals surface area (Å²) in [6, 6.07) is 0. The largest absolute Gasteiger partial charge is 0.463 e. The third kappa shape index (κ3) is 12.0. The van der Waals surface area contributed by atoms with E-state index in [1.54, 1.807) is 0 Å². The van der Waals surface area contributed by atoms with Gasteiger partial charge in [0.2, 0.25) is 0 Å². The summed E-state index contributed by atoms with van der Waals surface area (Å²) in [7, 11) is 0. The van der Waals surface area contributed by atoms with Gasteiger partial charge in [0.15, 0.2) is 0 Å². The fraction of sp³-hybridized carbons (Fsp3) is 0.963. The van der Waals surface area contributed by atoms with Crippen LogP contribution in [-0.2, 0) is 9.53 Å². The first-order valence-electron chi connectivity index (χ1n) is 13.0. The highest BCUT2D eigenvalue weighted by molar-refractivity contribution is 5.77. The number of unbranched alkanes of at least 4 members (excludes halogenated alkanes) is 13. The van der Waals surface area contributed by atoms with Crippen LogP contribution in [0.4, 0.5) is 0 Å². The van der Waals surface area contributed by atoms with Crippen LogP contribution in [0.25, 0.3) is 0 Å². The van der Waals surface area contributed by atoms with E-state index < -0.39 is 0 Å². The van der Waals surface area contributed by atoms with E-state index in [9.17, 15) is 4.79 Å². The Hall–Kier alpha value is -0.530. The summed E-state index contributed by atoms with van der Waals surface area (Å²) >= 11 is 0. The molecule has 0 N–H and O–H groups in total. The zero-order chi connectivity index (χ0) is 22.1. The molecular formula is C27H54O2. The van der Waals surface area contributed by atoms with Crippen molar-refractivity contribution >= 4 is 5.97 Å². The molecule has 0 aliphatic carbocycles. The minimum atomic E-state index is -0.332. The van der Waals surface area contributed by atoms with E-state index in [4.69, 9.17) is 4.74 Å². The van der Waals surface area contributed by atoms with Gasteiger partial charge in [-0.05, 0) is 32.1 Å². The molecule has 0 aliphatic rings. The summed E-state index contributed by atoms with van der Waals surface area (Å²) in [4.78, 5) is 12.9. The smallest absolute Gasteiger partial charge is 0.312 e. The molecule has 0 saturated carbocycles. The third-order valence-electron chi connectivity index (χ3n) is 6.73. The van der Waals surface area contributed by atoms with E-state index in [2.05, 4.69) is 34.6 Å². The standard InChI is InChI=1S/C27H54O2/c1-8-9-10-11-12-13-14-15-16-17-18-19-20-21-22-27(23(2)3,24(4)5)26(28)29-25(6)7/h23-25H,8-22H2,1-7H3. The molecule has 0 atom stereocenters. The molecule has 2 heteroatoms. The molecule has 2 nitrogen and oxygen atoms in total. The summed E-state index contributed by atoms with van der Waals surface area (Å²) in [5.74, 6) is 0.652. The Morgan fingerprint density at radius 2 is 0.966 bits per heavy atom. The Morgan fingerprint density at radius 1 is 0.621 bits per heavy atom. The summed E-state index contributed by atoms with van der Waals surface area (Å²) in [6.45, 7) is 14.9. The van der Waals surface area contributed by atoms with Crippen molar-refractivity contribution in [3.05, 3.63) is 0 Å². The minimum absolute atomic E-state index is 0.0206. The molecule has 0 heterocycles. The fourth-order valence-corrected chi connectivity index (χ4v) is 4.75. The van der Waals surface area contributed by atoms with Crippen LogP contribution in [0.1, 0.15) is 145 Å². The molecule has 0 aromatic heterocycles. The molecule has 0 saturated heterocycles. The van der Waals surface area contributed by atoms with Gasteiger partial charge in [0, 0.05) is 0 Å². The van der Waals surface area contributed by atoms with Gasteiger partial charge in [-0.25, -0.2) is 0 Å². The molecule has 0 bridgehead atoms. The Bertz CT molecular complexity index is 376. The van der Waals surface area contributed by atoms with Crippen LogP contribution in [0.15, 0.2) is 0 Å². The lowest BCUT2D eigenvalue weighted by molar-refractivity contribution is -0.167. The first kappa shape index (κ1) is 28.5. The zero-order valence-electron chi connectivity index (χ0n) is 21.2. The molecule has 0 fully saturated rings. The second-order valence-corrected chi connectivity index (χ2v) is 10.2. The number of rotatable bonds is 19. The maximum Gasteiger partial charge on any atom is 0.312 e. The average Bonchev–Trinajstić information content (AvgIpc) is 2.63. The van der Waals surface area contributed by atoms with E-state index in [1.807, 2.05) is 13.8 Å². The van der Waals surface area contributed by atoms with E-state index in [-0.39, 0.29) is 17.5 Å². The molecule has 0 aliphatic heterocycles. The van der Waals surface area contributed by atoms with Gasteiger partial charge in [0.05, 0.1) is 11.5 Å². The Morgan fingerprint density at radius 3 is 1.28 bits per heavy atom. The van der Waals surface area contributed by atoms with Crippen molar-refractivity contribution in [3.63, 3.8) is 0 Å². The molecule has 29 heavy (non-hydrogen) atoms. The summed E-state index contributed by atoms with van der Waals surface area (Å²) in [5, 5.41) is 0. The molecule has 0 aromatic rings. The predicted octanol–water partition coefficient (Wildman–Crippen LogP) is 9.11. The Kier molecular flexibility index (Phi) is 16.9. The van der Waals surface area contributed by atoms with Crippen LogP contribution >= 0.6 is 0 Å². The second-order valence-electron chi connectivity index (χ2n) is 10.2. The van der Waals surface area contributed by atoms with E-state index in [1.165, 1.54) is 83.5 Å². The van der Waals surface area contributed by atoms with Gasteiger partial charge in [-0.15, -0.1) is 0 Å². The molecule has 0 amide bonds. The number of esters is 1. The first-order valence-corrected chi connectivity index (χ1v) is 13.0. The topological polar surface area (TPSA) is 26.3 Å². The molecule has 0 aromatic carbocycles. The quantitative estimate of drug-likeness (QED) is 0.157. The van der Waals surface area contributed by atoms with Gasteiger partial charge in [-0.2, -0.15) is 0 Å².